The number of ketones is 1. The van der Waals surface area contributed by atoms with E-state index in [-0.39, 0.29) is 5.78 Å². The van der Waals surface area contributed by atoms with Crippen molar-refractivity contribution in [2.24, 2.45) is 0 Å². The molecule has 2 aliphatic heterocycles. The molecule has 2 aliphatic rings. The van der Waals surface area contributed by atoms with Crippen molar-refractivity contribution in [2.45, 2.75) is 38.3 Å². The normalized spacial score (nSPS) is 19.5. The van der Waals surface area contributed by atoms with Gasteiger partial charge in [-0.05, 0) is 43.0 Å². The van der Waals surface area contributed by atoms with Crippen LogP contribution in [-0.4, -0.2) is 56.6 Å². The lowest BCUT2D eigenvalue weighted by atomic mass is 10.0. The van der Waals surface area contributed by atoms with E-state index in [1.807, 2.05) is 37.4 Å². The molecule has 9 heteroatoms. The molecule has 2 aromatic rings. The number of rotatable bonds is 8. The summed E-state index contributed by atoms with van der Waals surface area (Å²) in [6.07, 6.45) is 4.11. The van der Waals surface area contributed by atoms with Crippen LogP contribution in [0.3, 0.4) is 0 Å². The molecule has 2 atom stereocenters. The Morgan fingerprint density at radius 2 is 2.19 bits per heavy atom. The smallest absolute Gasteiger partial charge is 0.235 e. The number of anilines is 1. The highest BCUT2D eigenvalue weighted by Crippen LogP contribution is 2.29. The molecule has 0 saturated carbocycles. The number of likely N-dealkylation sites (N-methyl/N-ethyl adjacent to an activating group) is 1. The maximum absolute atomic E-state index is 12.5. The summed E-state index contributed by atoms with van der Waals surface area (Å²) in [6.45, 7) is 2.32. The number of ether oxygens (including phenoxy) is 2. The van der Waals surface area contributed by atoms with Crippen LogP contribution in [0.15, 0.2) is 36.5 Å². The minimum absolute atomic E-state index is 0.0105. The first-order chi connectivity index (χ1) is 15.0. The minimum Gasteiger partial charge on any atom is -0.489 e. The first-order valence-corrected chi connectivity index (χ1v) is 11.5. The van der Waals surface area contributed by atoms with E-state index in [2.05, 4.69) is 9.88 Å². The van der Waals surface area contributed by atoms with Gasteiger partial charge >= 0.3 is 0 Å². The zero-order valence-corrected chi connectivity index (χ0v) is 18.3. The van der Waals surface area contributed by atoms with E-state index in [4.69, 9.17) is 9.47 Å². The highest BCUT2D eigenvalue weighted by atomic mass is 32.2. The third-order valence-electron chi connectivity index (χ3n) is 5.68. The van der Waals surface area contributed by atoms with Gasteiger partial charge in [0.1, 0.15) is 19.0 Å². The Balaban J connectivity index is 1.32. The van der Waals surface area contributed by atoms with Crippen molar-refractivity contribution < 1.29 is 23.0 Å². The lowest BCUT2D eigenvalue weighted by Crippen LogP contribution is -2.37. The molecule has 3 heterocycles. The van der Waals surface area contributed by atoms with Crippen molar-refractivity contribution in [3.05, 3.63) is 47.7 Å². The number of fused-ring (bicyclic) bond motifs is 1. The summed E-state index contributed by atoms with van der Waals surface area (Å²) in [4.78, 5) is 19.1. The van der Waals surface area contributed by atoms with Crippen LogP contribution in [0, 0.1) is 0 Å². The quantitative estimate of drug-likeness (QED) is 0.625. The molecule has 0 radical (unpaired) electrons. The highest BCUT2D eigenvalue weighted by Gasteiger charge is 2.33. The van der Waals surface area contributed by atoms with E-state index in [9.17, 15) is 13.6 Å². The number of hydrogen-bond acceptors (Lipinski definition) is 6. The number of aromatic nitrogens is 1. The van der Waals surface area contributed by atoms with Crippen LogP contribution in [0.5, 0.6) is 11.5 Å². The predicted octanol–water partition coefficient (Wildman–Crippen LogP) is 2.59. The monoisotopic (exact) mass is 445 g/mol. The molecule has 31 heavy (non-hydrogen) atoms. The van der Waals surface area contributed by atoms with Gasteiger partial charge in [-0.15, -0.1) is 0 Å². The fourth-order valence-corrected chi connectivity index (χ4v) is 4.71. The lowest BCUT2D eigenvalue weighted by Gasteiger charge is -2.26. The average Bonchev–Trinajstić information content (AvgIpc) is 3.27. The summed E-state index contributed by atoms with van der Waals surface area (Å²) >= 11 is -2.09. The van der Waals surface area contributed by atoms with Gasteiger partial charge in [0.15, 0.2) is 17.4 Å². The highest BCUT2D eigenvalue weighted by molar-refractivity contribution is 7.76. The van der Waals surface area contributed by atoms with Gasteiger partial charge in [-0.3, -0.25) is 9.35 Å². The molecular weight excluding hydrogens is 418 g/mol. The third kappa shape index (κ3) is 5.23. The molecule has 1 saturated heterocycles. The topological polar surface area (TPSA) is 92.2 Å². The molecule has 1 aromatic carbocycles. The zero-order valence-electron chi connectivity index (χ0n) is 17.5. The number of carbonyl (C=O) groups excluding carboxylic acids is 1. The van der Waals surface area contributed by atoms with E-state index in [1.165, 1.54) is 4.31 Å². The molecule has 1 unspecified atom stereocenters. The maximum Gasteiger partial charge on any atom is 0.235 e. The number of hydrogen-bond donors (Lipinski definition) is 1. The van der Waals surface area contributed by atoms with E-state index in [1.54, 1.807) is 6.20 Å². The van der Waals surface area contributed by atoms with Gasteiger partial charge in [0, 0.05) is 31.8 Å². The van der Waals surface area contributed by atoms with Gasteiger partial charge in [0.2, 0.25) is 11.3 Å². The molecule has 4 rings (SSSR count). The molecule has 8 nitrogen and oxygen atoms in total. The van der Waals surface area contributed by atoms with Crippen molar-refractivity contribution in [2.75, 3.05) is 31.6 Å². The van der Waals surface area contributed by atoms with E-state index < -0.39 is 17.3 Å². The molecular formula is C22H27N3O5S. The summed E-state index contributed by atoms with van der Waals surface area (Å²) in [7, 11) is 1.99. The fraction of sp³-hybridized carbons (Fsp3) is 0.455. The van der Waals surface area contributed by atoms with Gasteiger partial charge in [0.05, 0.1) is 12.6 Å². The Bertz CT molecular complexity index is 970. The molecule has 166 valence electrons. The lowest BCUT2D eigenvalue weighted by molar-refractivity contribution is -0.122. The number of benzene rings is 1. The van der Waals surface area contributed by atoms with Gasteiger partial charge in [-0.1, -0.05) is 12.1 Å². The second-order valence-electron chi connectivity index (χ2n) is 7.87. The van der Waals surface area contributed by atoms with Crippen LogP contribution in [0.1, 0.15) is 30.4 Å². The first-order valence-electron chi connectivity index (χ1n) is 10.5. The van der Waals surface area contributed by atoms with Gasteiger partial charge in [0.25, 0.3) is 0 Å². The first kappa shape index (κ1) is 21.7. The molecule has 1 N–H and O–H groups in total. The molecule has 0 spiro atoms. The fourth-order valence-electron chi connectivity index (χ4n) is 3.99. The van der Waals surface area contributed by atoms with Crippen LogP contribution in [0.25, 0.3) is 0 Å². The minimum atomic E-state index is -2.09. The second-order valence-corrected chi connectivity index (χ2v) is 8.80. The van der Waals surface area contributed by atoms with Crippen LogP contribution >= 0.6 is 0 Å². The van der Waals surface area contributed by atoms with E-state index in [0.717, 1.165) is 41.4 Å². The second kappa shape index (κ2) is 9.76. The SMILES string of the molecule is CN1CCOc2cc(COc3cccc(CCC(=O)[C@@H]4CCCN4S(=O)O)c3)cnc21. The van der Waals surface area contributed by atoms with Crippen molar-refractivity contribution in [1.82, 2.24) is 9.29 Å². The number of carbonyl (C=O) groups is 1. The van der Waals surface area contributed by atoms with Gasteiger partial charge < -0.3 is 14.4 Å². The van der Waals surface area contributed by atoms with Crippen LogP contribution in [0.2, 0.25) is 0 Å². The van der Waals surface area contributed by atoms with Gasteiger partial charge in [-0.2, -0.15) is 4.31 Å². The van der Waals surface area contributed by atoms with Crippen LogP contribution < -0.4 is 14.4 Å². The zero-order chi connectivity index (χ0) is 21.8. The molecule has 0 aliphatic carbocycles. The van der Waals surface area contributed by atoms with Crippen molar-refractivity contribution in [1.29, 1.82) is 0 Å². The summed E-state index contributed by atoms with van der Waals surface area (Å²) in [5.41, 5.74) is 1.92. The Hall–Kier alpha value is -2.49. The standard InChI is InChI=1S/C22H27N3O5S/c1-24-10-11-29-21-13-17(14-23-22(21)24)15-30-18-5-2-4-16(12-18)7-8-20(26)19-6-3-9-25(19)31(27)28/h2,4-5,12-14,19H,3,6-11,15H2,1H3,(H,27,28)/t19-/m0/s1. The Morgan fingerprint density at radius 1 is 1.32 bits per heavy atom. The molecule has 1 fully saturated rings. The largest absolute Gasteiger partial charge is 0.489 e. The van der Waals surface area contributed by atoms with E-state index >= 15 is 0 Å². The number of nitrogens with zero attached hydrogens (tertiary/aromatic N) is 3. The van der Waals surface area contributed by atoms with Crippen molar-refractivity contribution in [3.8, 4) is 11.5 Å². The van der Waals surface area contributed by atoms with Crippen LogP contribution in [-0.2, 0) is 29.1 Å². The predicted molar refractivity (Wildman–Crippen MR) is 118 cm³/mol. The number of aryl methyl sites for hydroxylation is 1. The number of Topliss-reactive ketones (excluding diaryl/α,β-unsaturated/α-hetero) is 1. The average molecular weight is 446 g/mol. The Labute approximate surface area is 184 Å². The maximum atomic E-state index is 12.5. The summed E-state index contributed by atoms with van der Waals surface area (Å²) < 4.78 is 33.7. The molecule has 0 bridgehead atoms. The van der Waals surface area contributed by atoms with E-state index in [0.29, 0.717) is 39.0 Å². The summed E-state index contributed by atoms with van der Waals surface area (Å²) in [6, 6.07) is 9.18. The summed E-state index contributed by atoms with van der Waals surface area (Å²) in [5, 5.41) is 0. The van der Waals surface area contributed by atoms with Crippen molar-refractivity contribution in [3.63, 3.8) is 0 Å². The third-order valence-corrected chi connectivity index (χ3v) is 6.51. The summed E-state index contributed by atoms with van der Waals surface area (Å²) in [5.74, 6) is 2.34. The van der Waals surface area contributed by atoms with Crippen LogP contribution in [0.4, 0.5) is 5.82 Å². The Kier molecular flexibility index (Phi) is 6.84. The van der Waals surface area contributed by atoms with Gasteiger partial charge in [-0.25, -0.2) is 9.19 Å². The number of pyridine rings is 1. The molecule has 0 amide bonds. The Morgan fingerprint density at radius 3 is 3.03 bits per heavy atom. The van der Waals surface area contributed by atoms with Crippen molar-refractivity contribution >= 4 is 22.9 Å². The molecule has 1 aromatic heterocycles.